The fourth-order valence-corrected chi connectivity index (χ4v) is 6.44. The van der Waals surface area contributed by atoms with E-state index in [1.165, 1.54) is 45.5 Å². The first-order valence-corrected chi connectivity index (χ1v) is 15.5. The fraction of sp³-hybridized carbons (Fsp3) is 0.375. The Morgan fingerprint density at radius 2 is 1.39 bits per heavy atom. The zero-order chi connectivity index (χ0) is 32.1. The van der Waals surface area contributed by atoms with Crippen molar-refractivity contribution in [2.75, 3.05) is 27.4 Å². The minimum atomic E-state index is -1.07. The smallest absolute Gasteiger partial charge is 0.306 e. The molecule has 0 saturated heterocycles. The summed E-state index contributed by atoms with van der Waals surface area (Å²) >= 11 is 2.39. The molecule has 0 aliphatic heterocycles. The van der Waals surface area contributed by atoms with Crippen LogP contribution in [-0.4, -0.2) is 55.9 Å². The molecule has 234 valence electrons. The Bertz CT molecular complexity index is 1720. The highest BCUT2D eigenvalue weighted by Crippen LogP contribution is 2.41. The first-order valence-electron chi connectivity index (χ1n) is 13.9. The van der Waals surface area contributed by atoms with Gasteiger partial charge in [-0.15, -0.1) is 22.7 Å². The van der Waals surface area contributed by atoms with Gasteiger partial charge in [-0.3, -0.25) is 19.2 Å². The lowest BCUT2D eigenvalue weighted by Crippen LogP contribution is -2.13. The molecule has 1 N–H and O–H groups in total. The van der Waals surface area contributed by atoms with Crippen molar-refractivity contribution in [3.8, 4) is 23.0 Å². The zero-order valence-electron chi connectivity index (χ0n) is 25.0. The van der Waals surface area contributed by atoms with Gasteiger partial charge in [-0.2, -0.15) is 0 Å². The Labute approximate surface area is 261 Å². The van der Waals surface area contributed by atoms with E-state index in [9.17, 15) is 19.2 Å². The second-order valence-electron chi connectivity index (χ2n) is 10.5. The van der Waals surface area contributed by atoms with Crippen LogP contribution in [0.1, 0.15) is 59.4 Å². The van der Waals surface area contributed by atoms with E-state index in [0.717, 1.165) is 21.4 Å². The van der Waals surface area contributed by atoms with Gasteiger partial charge in [0.25, 0.3) is 0 Å². The van der Waals surface area contributed by atoms with Gasteiger partial charge in [-0.25, -0.2) is 4.39 Å². The van der Waals surface area contributed by atoms with Crippen LogP contribution >= 0.6 is 22.7 Å². The van der Waals surface area contributed by atoms with Crippen molar-refractivity contribution in [2.45, 2.75) is 40.0 Å². The molecule has 12 heteroatoms. The van der Waals surface area contributed by atoms with E-state index in [1.54, 1.807) is 31.2 Å². The summed E-state index contributed by atoms with van der Waals surface area (Å²) < 4.78 is 39.3. The van der Waals surface area contributed by atoms with Crippen molar-refractivity contribution in [1.82, 2.24) is 0 Å². The standard InChI is InChI=1S/C32H33FO9S2/c1-16(18(3)34)9-21(35)28-12-19-11-23(39-4)24(14-26(19)43-28)41-7-6-8-42-31-25(40-5)15-27-20(30(31)33)13-29(44-27)22(36)10-17(2)32(37)38/h11-17H,6-10H2,1-5H3,(H,37,38)/t16-,17-/m0/s1. The summed E-state index contributed by atoms with van der Waals surface area (Å²) in [5.41, 5.74) is 0. The predicted molar refractivity (Wildman–Crippen MR) is 167 cm³/mol. The molecule has 9 nitrogen and oxygen atoms in total. The molecular formula is C32H33FO9S2. The van der Waals surface area contributed by atoms with Gasteiger partial charge in [-0.05, 0) is 30.5 Å². The van der Waals surface area contributed by atoms with Gasteiger partial charge in [0.15, 0.2) is 40.4 Å². The number of ketones is 3. The van der Waals surface area contributed by atoms with Gasteiger partial charge in [0.2, 0.25) is 0 Å². The highest BCUT2D eigenvalue weighted by atomic mass is 32.1. The van der Waals surface area contributed by atoms with E-state index in [-0.39, 0.29) is 71.1 Å². The van der Waals surface area contributed by atoms with E-state index in [4.69, 9.17) is 24.1 Å². The third-order valence-electron chi connectivity index (χ3n) is 7.15. The summed E-state index contributed by atoms with van der Waals surface area (Å²) in [6, 6.07) is 8.39. The molecule has 0 aliphatic rings. The molecule has 0 aliphatic carbocycles. The molecule has 0 radical (unpaired) electrons. The summed E-state index contributed by atoms with van der Waals surface area (Å²) in [6.45, 7) is 4.98. The second-order valence-corrected chi connectivity index (χ2v) is 12.6. The number of hydrogen-bond donors (Lipinski definition) is 1. The molecule has 2 aromatic carbocycles. The summed E-state index contributed by atoms with van der Waals surface area (Å²) in [4.78, 5) is 48.8. The Hall–Kier alpha value is -4.03. The topological polar surface area (TPSA) is 125 Å². The Balaban J connectivity index is 1.41. The molecule has 2 atom stereocenters. The summed E-state index contributed by atoms with van der Waals surface area (Å²) in [5, 5.41) is 10.1. The van der Waals surface area contributed by atoms with E-state index in [1.807, 2.05) is 0 Å². The largest absolute Gasteiger partial charge is 0.493 e. The molecule has 0 bridgehead atoms. The van der Waals surface area contributed by atoms with Crippen molar-refractivity contribution in [2.24, 2.45) is 11.8 Å². The van der Waals surface area contributed by atoms with Crippen LogP contribution in [0.25, 0.3) is 20.2 Å². The Kier molecular flexibility index (Phi) is 10.6. The number of carbonyl (C=O) groups is 4. The lowest BCUT2D eigenvalue weighted by molar-refractivity contribution is -0.141. The van der Waals surface area contributed by atoms with E-state index in [0.29, 0.717) is 27.5 Å². The van der Waals surface area contributed by atoms with Crippen LogP contribution in [0, 0.1) is 17.7 Å². The van der Waals surface area contributed by atoms with Crippen LogP contribution in [0.3, 0.4) is 0 Å². The van der Waals surface area contributed by atoms with Crippen LogP contribution in [0.4, 0.5) is 4.39 Å². The third kappa shape index (κ3) is 7.36. The van der Waals surface area contributed by atoms with Crippen molar-refractivity contribution in [1.29, 1.82) is 0 Å². The quantitative estimate of drug-likeness (QED) is 0.0995. The van der Waals surface area contributed by atoms with Gasteiger partial charge < -0.3 is 24.1 Å². The summed E-state index contributed by atoms with van der Waals surface area (Å²) in [7, 11) is 2.91. The van der Waals surface area contributed by atoms with Crippen LogP contribution in [0.2, 0.25) is 0 Å². The number of rotatable bonds is 16. The molecule has 44 heavy (non-hydrogen) atoms. The van der Waals surface area contributed by atoms with Crippen LogP contribution < -0.4 is 18.9 Å². The number of thiophene rings is 2. The lowest BCUT2D eigenvalue weighted by atomic mass is 10.0. The number of carboxylic acid groups (broad SMARTS) is 1. The van der Waals surface area contributed by atoms with Crippen LogP contribution in [0.5, 0.6) is 23.0 Å². The first-order chi connectivity index (χ1) is 20.9. The molecule has 0 amide bonds. The number of Topliss-reactive ketones (excluding diaryl/α,β-unsaturated/α-hetero) is 3. The monoisotopic (exact) mass is 644 g/mol. The second kappa shape index (κ2) is 14.2. The van der Waals surface area contributed by atoms with Crippen molar-refractivity contribution >= 4 is 66.2 Å². The molecule has 2 aromatic heterocycles. The highest BCUT2D eigenvalue weighted by molar-refractivity contribution is 7.21. The molecule has 0 fully saturated rings. The first kappa shape index (κ1) is 32.9. The zero-order valence-corrected chi connectivity index (χ0v) is 26.6. The SMILES string of the molecule is COc1cc2cc(C(=O)C[C@H](C)C(C)=O)sc2cc1OCCCOc1c(OC)cc2sc(C(=O)C[C@H](C)C(=O)O)cc2c1F. The normalized spacial score (nSPS) is 12.6. The molecule has 0 saturated carbocycles. The average Bonchev–Trinajstić information content (AvgIpc) is 3.61. The number of halogens is 1. The minimum absolute atomic E-state index is 0.0284. The maximum absolute atomic E-state index is 15.5. The lowest BCUT2D eigenvalue weighted by Gasteiger charge is -2.13. The van der Waals surface area contributed by atoms with E-state index in [2.05, 4.69) is 0 Å². The number of carboxylic acids is 1. The van der Waals surface area contributed by atoms with E-state index >= 15 is 4.39 Å². The van der Waals surface area contributed by atoms with Crippen LogP contribution in [0.15, 0.2) is 30.3 Å². The summed E-state index contributed by atoms with van der Waals surface area (Å²) in [5.74, 6) is -2.38. The number of carbonyl (C=O) groups excluding carboxylic acids is 3. The molecule has 0 unspecified atom stereocenters. The van der Waals surface area contributed by atoms with Crippen LogP contribution in [-0.2, 0) is 9.59 Å². The number of hydrogen-bond acceptors (Lipinski definition) is 10. The maximum atomic E-state index is 15.5. The highest BCUT2D eigenvalue weighted by Gasteiger charge is 2.23. The van der Waals surface area contributed by atoms with Crippen molar-refractivity contribution < 1.29 is 47.6 Å². The molecule has 4 rings (SSSR count). The van der Waals surface area contributed by atoms with E-state index < -0.39 is 17.7 Å². The number of ether oxygens (including phenoxy) is 4. The van der Waals surface area contributed by atoms with Gasteiger partial charge in [0.1, 0.15) is 5.78 Å². The molecular weight excluding hydrogens is 611 g/mol. The number of methoxy groups -OCH3 is 2. The van der Waals surface area contributed by atoms with Gasteiger partial charge in [-0.1, -0.05) is 13.8 Å². The third-order valence-corrected chi connectivity index (χ3v) is 9.41. The number of fused-ring (bicyclic) bond motifs is 2. The number of aliphatic carboxylic acids is 1. The van der Waals surface area contributed by atoms with Gasteiger partial charge in [0.05, 0.1) is 43.1 Å². The summed E-state index contributed by atoms with van der Waals surface area (Å²) in [6.07, 6.45) is 0.353. The molecule has 0 spiro atoms. The maximum Gasteiger partial charge on any atom is 0.306 e. The minimum Gasteiger partial charge on any atom is -0.493 e. The molecule has 2 heterocycles. The predicted octanol–water partition coefficient (Wildman–Crippen LogP) is 7.21. The van der Waals surface area contributed by atoms with Gasteiger partial charge in [0, 0.05) is 52.1 Å². The Morgan fingerprint density at radius 1 is 0.795 bits per heavy atom. The number of benzene rings is 2. The van der Waals surface area contributed by atoms with Crippen molar-refractivity contribution in [3.63, 3.8) is 0 Å². The van der Waals surface area contributed by atoms with Crippen molar-refractivity contribution in [3.05, 3.63) is 45.9 Å². The van der Waals surface area contributed by atoms with Gasteiger partial charge >= 0.3 is 5.97 Å². The molecule has 4 aromatic rings. The fourth-order valence-electron chi connectivity index (χ4n) is 4.38. The Morgan fingerprint density at radius 3 is 2.02 bits per heavy atom. The average molecular weight is 645 g/mol.